The van der Waals surface area contributed by atoms with Crippen molar-refractivity contribution in [1.29, 1.82) is 0 Å². The second-order valence-corrected chi connectivity index (χ2v) is 8.06. The first kappa shape index (κ1) is 18.0. The number of halogens is 2. The number of aromatic nitrogens is 2. The van der Waals surface area contributed by atoms with Gasteiger partial charge in [-0.05, 0) is 53.4 Å². The van der Waals surface area contributed by atoms with Gasteiger partial charge in [0.05, 0.1) is 28.5 Å². The van der Waals surface area contributed by atoms with E-state index in [1.807, 2.05) is 22.9 Å². The van der Waals surface area contributed by atoms with E-state index in [1.165, 1.54) is 0 Å². The summed E-state index contributed by atoms with van der Waals surface area (Å²) in [4.78, 5) is 15.0. The van der Waals surface area contributed by atoms with Crippen LogP contribution in [0.5, 0.6) is 0 Å². The van der Waals surface area contributed by atoms with Crippen LogP contribution >= 0.6 is 27.5 Å². The van der Waals surface area contributed by atoms with E-state index in [0.717, 1.165) is 42.5 Å². The summed E-state index contributed by atoms with van der Waals surface area (Å²) in [6.07, 6.45) is 2.59. The minimum Gasteiger partial charge on any atom is -0.392 e. The number of nitrogens with one attached hydrogen (secondary N) is 1. The number of likely N-dealkylation sites (tertiary alicyclic amines) is 1. The molecule has 0 unspecified atom stereocenters. The van der Waals surface area contributed by atoms with Gasteiger partial charge in [-0.3, -0.25) is 14.4 Å². The molecule has 2 N–H and O–H groups in total. The predicted molar refractivity (Wildman–Crippen MR) is 104 cm³/mol. The molecule has 2 atom stereocenters. The molecule has 8 heteroatoms. The lowest BCUT2D eigenvalue weighted by Gasteiger charge is -2.31. The fraction of sp³-hybridized carbons (Fsp3) is 0.444. The molecule has 2 aromatic rings. The summed E-state index contributed by atoms with van der Waals surface area (Å²) < 4.78 is 2.66. The number of carbonyl (C=O) groups excluding carboxylic acids is 1. The van der Waals surface area contributed by atoms with Gasteiger partial charge in [-0.2, -0.15) is 5.10 Å². The Balaban J connectivity index is 1.56. The van der Waals surface area contributed by atoms with E-state index in [0.29, 0.717) is 22.9 Å². The molecule has 1 fully saturated rings. The minimum absolute atomic E-state index is 0.212. The molecule has 3 heterocycles. The van der Waals surface area contributed by atoms with Gasteiger partial charge < -0.3 is 10.4 Å². The number of β-amino-alcohol motifs (C(OH)–C–C–N with tert-alkyl or cyclic N) is 1. The van der Waals surface area contributed by atoms with E-state index in [2.05, 4.69) is 31.2 Å². The van der Waals surface area contributed by atoms with E-state index >= 15 is 0 Å². The maximum atomic E-state index is 12.7. The Morgan fingerprint density at radius 3 is 2.96 bits per heavy atom. The zero-order valence-corrected chi connectivity index (χ0v) is 16.5. The molecule has 2 aliphatic heterocycles. The molecule has 1 saturated heterocycles. The number of fused-ring (bicyclic) bond motifs is 1. The molecule has 2 aliphatic rings. The summed E-state index contributed by atoms with van der Waals surface area (Å²) in [5.41, 5.74) is 2.00. The molecule has 1 aromatic carbocycles. The van der Waals surface area contributed by atoms with Crippen LogP contribution in [-0.4, -0.2) is 44.9 Å². The van der Waals surface area contributed by atoms with E-state index in [1.54, 1.807) is 6.07 Å². The van der Waals surface area contributed by atoms with E-state index in [4.69, 9.17) is 11.6 Å². The average molecular weight is 440 g/mol. The van der Waals surface area contributed by atoms with Gasteiger partial charge in [0.15, 0.2) is 5.69 Å². The monoisotopic (exact) mass is 438 g/mol. The molecule has 0 spiro atoms. The fourth-order valence-corrected chi connectivity index (χ4v) is 4.32. The molecule has 0 radical (unpaired) electrons. The number of carbonyl (C=O) groups is 1. The van der Waals surface area contributed by atoms with Gasteiger partial charge in [-0.1, -0.05) is 17.7 Å². The summed E-state index contributed by atoms with van der Waals surface area (Å²) in [6.45, 7) is 2.38. The molecule has 138 valence electrons. The second kappa shape index (κ2) is 7.31. The number of hydrogen-bond acceptors (Lipinski definition) is 4. The molecular formula is C18H20BrClN4O2. The van der Waals surface area contributed by atoms with Gasteiger partial charge in [0, 0.05) is 24.1 Å². The van der Waals surface area contributed by atoms with Crippen LogP contribution in [0, 0.1) is 0 Å². The van der Waals surface area contributed by atoms with E-state index < -0.39 is 0 Å². The lowest BCUT2D eigenvalue weighted by Crippen LogP contribution is -2.32. The van der Waals surface area contributed by atoms with Crippen molar-refractivity contribution in [3.8, 4) is 0 Å². The third-order valence-corrected chi connectivity index (χ3v) is 6.36. The maximum absolute atomic E-state index is 12.7. The summed E-state index contributed by atoms with van der Waals surface area (Å²) in [6, 6.07) is 7.48. The Labute approximate surface area is 165 Å². The van der Waals surface area contributed by atoms with Crippen LogP contribution in [0.15, 0.2) is 28.7 Å². The van der Waals surface area contributed by atoms with Gasteiger partial charge in [-0.25, -0.2) is 0 Å². The Bertz CT molecular complexity index is 841. The Morgan fingerprint density at radius 2 is 2.19 bits per heavy atom. The Morgan fingerprint density at radius 1 is 1.35 bits per heavy atom. The van der Waals surface area contributed by atoms with Crippen LogP contribution in [0.25, 0.3) is 0 Å². The van der Waals surface area contributed by atoms with Crippen LogP contribution in [0.2, 0.25) is 5.02 Å². The number of anilines is 1. The first-order valence-electron chi connectivity index (χ1n) is 8.78. The number of aliphatic hydroxyl groups excluding tert-OH is 1. The van der Waals surface area contributed by atoms with Crippen molar-refractivity contribution in [1.82, 2.24) is 14.7 Å². The van der Waals surface area contributed by atoms with Crippen LogP contribution in [0.4, 0.5) is 5.69 Å². The largest absolute Gasteiger partial charge is 0.392 e. The van der Waals surface area contributed by atoms with Gasteiger partial charge in [-0.15, -0.1) is 0 Å². The van der Waals surface area contributed by atoms with Crippen LogP contribution in [-0.2, 0) is 6.54 Å². The average Bonchev–Trinajstić information content (AvgIpc) is 3.24. The smallest absolute Gasteiger partial charge is 0.276 e. The summed E-state index contributed by atoms with van der Waals surface area (Å²) >= 11 is 9.59. The van der Waals surface area contributed by atoms with Crippen molar-refractivity contribution in [2.75, 3.05) is 18.4 Å². The number of nitrogens with zero attached hydrogens (tertiary/aromatic N) is 3. The third kappa shape index (κ3) is 3.41. The number of aliphatic hydroxyl groups is 1. The molecule has 4 rings (SSSR count). The highest BCUT2D eigenvalue weighted by atomic mass is 79.9. The van der Waals surface area contributed by atoms with Gasteiger partial charge in [0.25, 0.3) is 5.91 Å². The van der Waals surface area contributed by atoms with Crippen molar-refractivity contribution in [2.45, 2.75) is 38.0 Å². The van der Waals surface area contributed by atoms with Crippen LogP contribution in [0.3, 0.4) is 0 Å². The van der Waals surface area contributed by atoms with Crippen LogP contribution in [0.1, 0.15) is 41.5 Å². The van der Waals surface area contributed by atoms with Crippen molar-refractivity contribution in [2.24, 2.45) is 0 Å². The molecule has 26 heavy (non-hydrogen) atoms. The third-order valence-electron chi connectivity index (χ3n) is 5.07. The molecule has 6 nitrogen and oxygen atoms in total. The highest BCUT2D eigenvalue weighted by Gasteiger charge is 2.33. The summed E-state index contributed by atoms with van der Waals surface area (Å²) in [5, 5.41) is 17.6. The number of rotatable bonds is 3. The molecule has 0 aliphatic carbocycles. The standard InChI is InChI=1S/C18H20BrClN4O2/c19-12-3-1-4-13(17(12)20)21-18(26)14-9-16-15(5-2-7-24(16)22-14)23-8-6-11(25)10-23/h1,3-4,9,11,15,25H,2,5-8,10H2,(H,21,26)/t11-,15+/m1/s1. The first-order chi connectivity index (χ1) is 12.5. The Kier molecular flexibility index (Phi) is 5.05. The van der Waals surface area contributed by atoms with Crippen LogP contribution < -0.4 is 5.32 Å². The Hall–Kier alpha value is -1.41. The maximum Gasteiger partial charge on any atom is 0.276 e. The topological polar surface area (TPSA) is 70.4 Å². The number of hydrogen-bond donors (Lipinski definition) is 2. The highest BCUT2D eigenvalue weighted by molar-refractivity contribution is 9.10. The number of amides is 1. The minimum atomic E-state index is -0.271. The molecular weight excluding hydrogens is 420 g/mol. The summed E-state index contributed by atoms with van der Waals surface area (Å²) in [5.74, 6) is -0.271. The quantitative estimate of drug-likeness (QED) is 0.768. The van der Waals surface area contributed by atoms with Crippen molar-refractivity contribution in [3.05, 3.63) is 45.1 Å². The van der Waals surface area contributed by atoms with Crippen molar-refractivity contribution >= 4 is 39.1 Å². The summed E-state index contributed by atoms with van der Waals surface area (Å²) in [7, 11) is 0. The predicted octanol–water partition coefficient (Wildman–Crippen LogP) is 3.45. The molecule has 0 bridgehead atoms. The van der Waals surface area contributed by atoms with Gasteiger partial charge in [0.2, 0.25) is 0 Å². The fourth-order valence-electron chi connectivity index (χ4n) is 3.78. The van der Waals surface area contributed by atoms with E-state index in [-0.39, 0.29) is 18.1 Å². The SMILES string of the molecule is O=C(Nc1cccc(Br)c1Cl)c1cc2n(n1)CCC[C@@H]2N1CC[C@@H](O)C1. The van der Waals surface area contributed by atoms with Crippen molar-refractivity contribution < 1.29 is 9.90 Å². The molecule has 0 saturated carbocycles. The molecule has 1 amide bonds. The lowest BCUT2D eigenvalue weighted by atomic mass is 10.0. The zero-order valence-electron chi connectivity index (χ0n) is 14.2. The van der Waals surface area contributed by atoms with E-state index in [9.17, 15) is 9.90 Å². The highest BCUT2D eigenvalue weighted by Crippen LogP contribution is 2.34. The second-order valence-electron chi connectivity index (χ2n) is 6.83. The normalized spacial score (nSPS) is 23.0. The zero-order chi connectivity index (χ0) is 18.3. The first-order valence-corrected chi connectivity index (χ1v) is 9.95. The molecule has 1 aromatic heterocycles. The number of benzene rings is 1. The number of aryl methyl sites for hydroxylation is 1. The van der Waals surface area contributed by atoms with Gasteiger partial charge >= 0.3 is 0 Å². The lowest BCUT2D eigenvalue weighted by molar-refractivity contribution is 0.102. The van der Waals surface area contributed by atoms with Gasteiger partial charge in [0.1, 0.15) is 0 Å². The van der Waals surface area contributed by atoms with Crippen molar-refractivity contribution in [3.63, 3.8) is 0 Å².